The van der Waals surface area contributed by atoms with E-state index < -0.39 is 6.16 Å². The number of carbonyl (C=O) groups excluding carboxylic acids is 1. The van der Waals surface area contributed by atoms with E-state index in [0.717, 1.165) is 71.3 Å². The Labute approximate surface area is 229 Å². The van der Waals surface area contributed by atoms with E-state index in [2.05, 4.69) is 35.1 Å². The van der Waals surface area contributed by atoms with E-state index in [0.29, 0.717) is 18.8 Å². The SMILES string of the molecule is CCCCNC(=O)CNc1ccc2nc(CCCC)n(Cc3ccc(-c4ccccc4OC(=O)O)cc3)c2c1. The van der Waals surface area contributed by atoms with Crippen molar-refractivity contribution in [3.05, 3.63) is 78.1 Å². The quantitative estimate of drug-likeness (QED) is 0.104. The molecule has 8 heteroatoms. The van der Waals surface area contributed by atoms with Crippen molar-refractivity contribution in [3.63, 3.8) is 0 Å². The average Bonchev–Trinajstić information content (AvgIpc) is 3.27. The fraction of sp³-hybridized carbons (Fsp3) is 0.323. The Hall–Kier alpha value is -4.33. The number of unbranched alkanes of at least 4 members (excludes halogenated alkanes) is 2. The lowest BCUT2D eigenvalue weighted by Crippen LogP contribution is -2.30. The Morgan fingerprint density at radius 1 is 0.974 bits per heavy atom. The maximum atomic E-state index is 12.2. The molecule has 4 rings (SSSR count). The molecule has 0 aliphatic heterocycles. The minimum Gasteiger partial charge on any atom is -0.449 e. The van der Waals surface area contributed by atoms with E-state index in [-0.39, 0.29) is 12.5 Å². The highest BCUT2D eigenvalue weighted by Crippen LogP contribution is 2.30. The Balaban J connectivity index is 1.56. The predicted octanol–water partition coefficient (Wildman–Crippen LogP) is 6.48. The second kappa shape index (κ2) is 13.5. The number of ether oxygens (including phenoxy) is 1. The molecule has 4 aromatic rings. The summed E-state index contributed by atoms with van der Waals surface area (Å²) in [7, 11) is 0. The number of nitrogens with one attached hydrogen (secondary N) is 2. The minimum absolute atomic E-state index is 0.0175. The number of rotatable bonds is 13. The molecule has 39 heavy (non-hydrogen) atoms. The van der Waals surface area contributed by atoms with Crippen LogP contribution in [0.5, 0.6) is 5.75 Å². The van der Waals surface area contributed by atoms with Gasteiger partial charge in [-0.25, -0.2) is 9.78 Å². The van der Waals surface area contributed by atoms with Crippen LogP contribution in [0.2, 0.25) is 0 Å². The summed E-state index contributed by atoms with van der Waals surface area (Å²) in [5.74, 6) is 1.32. The molecule has 204 valence electrons. The Morgan fingerprint density at radius 3 is 2.49 bits per heavy atom. The van der Waals surface area contributed by atoms with Crippen molar-refractivity contribution in [2.75, 3.05) is 18.4 Å². The first-order chi connectivity index (χ1) is 19.0. The summed E-state index contributed by atoms with van der Waals surface area (Å²) in [4.78, 5) is 28.2. The van der Waals surface area contributed by atoms with Crippen molar-refractivity contribution < 1.29 is 19.4 Å². The molecule has 0 radical (unpaired) electrons. The number of fused-ring (bicyclic) bond motifs is 1. The van der Waals surface area contributed by atoms with Crippen molar-refractivity contribution in [3.8, 4) is 16.9 Å². The molecular formula is C31H36N4O4. The summed E-state index contributed by atoms with van der Waals surface area (Å²) >= 11 is 0. The zero-order valence-electron chi connectivity index (χ0n) is 22.6. The first kappa shape index (κ1) is 27.7. The number of hydrogen-bond donors (Lipinski definition) is 3. The van der Waals surface area contributed by atoms with Crippen molar-refractivity contribution in [1.82, 2.24) is 14.9 Å². The maximum absolute atomic E-state index is 12.2. The molecule has 0 saturated carbocycles. The van der Waals surface area contributed by atoms with Crippen LogP contribution in [0.4, 0.5) is 10.5 Å². The molecule has 0 bridgehead atoms. The number of hydrogen-bond acceptors (Lipinski definition) is 5. The van der Waals surface area contributed by atoms with Crippen LogP contribution in [-0.2, 0) is 17.8 Å². The van der Waals surface area contributed by atoms with Crippen LogP contribution in [0.25, 0.3) is 22.2 Å². The number of para-hydroxylation sites is 1. The number of aryl methyl sites for hydroxylation is 1. The van der Waals surface area contributed by atoms with Crippen LogP contribution in [0.1, 0.15) is 50.9 Å². The fourth-order valence-corrected chi connectivity index (χ4v) is 4.49. The summed E-state index contributed by atoms with van der Waals surface area (Å²) in [6, 6.07) is 21.2. The van der Waals surface area contributed by atoms with Crippen LogP contribution in [0.3, 0.4) is 0 Å². The number of aromatic nitrogens is 2. The predicted molar refractivity (Wildman–Crippen MR) is 154 cm³/mol. The lowest BCUT2D eigenvalue weighted by molar-refractivity contribution is -0.119. The largest absolute Gasteiger partial charge is 0.511 e. The molecule has 3 aromatic carbocycles. The van der Waals surface area contributed by atoms with E-state index in [9.17, 15) is 9.59 Å². The summed E-state index contributed by atoms with van der Waals surface area (Å²) in [5.41, 5.74) is 5.51. The maximum Gasteiger partial charge on any atom is 0.511 e. The van der Waals surface area contributed by atoms with Crippen LogP contribution >= 0.6 is 0 Å². The van der Waals surface area contributed by atoms with Gasteiger partial charge in [0.15, 0.2) is 0 Å². The number of carboxylic acid groups (broad SMARTS) is 1. The third kappa shape index (κ3) is 7.37. The van der Waals surface area contributed by atoms with Gasteiger partial charge < -0.3 is 25.0 Å². The summed E-state index contributed by atoms with van der Waals surface area (Å²) < 4.78 is 7.20. The molecule has 0 fully saturated rings. The number of imidazole rings is 1. The molecular weight excluding hydrogens is 492 g/mol. The van der Waals surface area contributed by atoms with Gasteiger partial charge in [-0.05, 0) is 48.2 Å². The van der Waals surface area contributed by atoms with E-state index >= 15 is 0 Å². The molecule has 3 N–H and O–H groups in total. The summed E-state index contributed by atoms with van der Waals surface area (Å²) in [6.45, 7) is 5.83. The van der Waals surface area contributed by atoms with Crippen LogP contribution in [0, 0.1) is 0 Å². The van der Waals surface area contributed by atoms with E-state index in [1.54, 1.807) is 12.1 Å². The summed E-state index contributed by atoms with van der Waals surface area (Å²) in [6.07, 6.45) is 3.69. The van der Waals surface area contributed by atoms with Crippen molar-refractivity contribution in [2.45, 2.75) is 52.5 Å². The molecule has 1 amide bonds. The van der Waals surface area contributed by atoms with Gasteiger partial charge in [0.2, 0.25) is 5.91 Å². The van der Waals surface area contributed by atoms with E-state index in [1.807, 2.05) is 48.5 Å². The minimum atomic E-state index is -1.34. The second-order valence-electron chi connectivity index (χ2n) is 9.54. The third-order valence-electron chi connectivity index (χ3n) is 6.58. The average molecular weight is 529 g/mol. The monoisotopic (exact) mass is 528 g/mol. The van der Waals surface area contributed by atoms with Gasteiger partial charge in [-0.1, -0.05) is 69.2 Å². The first-order valence-electron chi connectivity index (χ1n) is 13.6. The molecule has 0 aliphatic carbocycles. The van der Waals surface area contributed by atoms with E-state index in [1.165, 1.54) is 0 Å². The Morgan fingerprint density at radius 2 is 1.74 bits per heavy atom. The van der Waals surface area contributed by atoms with Gasteiger partial charge in [-0.2, -0.15) is 0 Å². The smallest absolute Gasteiger partial charge is 0.449 e. The van der Waals surface area contributed by atoms with Gasteiger partial charge in [0, 0.05) is 30.8 Å². The standard InChI is InChI=1S/C31H36N4O4/c1-3-5-11-29-34-26-17-16-24(33-20-30(36)32-18-6-4-2)19-27(26)35(29)21-22-12-14-23(15-13-22)25-9-7-8-10-28(25)39-31(37)38/h7-10,12-17,19,33H,3-6,11,18,20-21H2,1-2H3,(H,32,36)(H,37,38). The molecule has 0 saturated heterocycles. The summed E-state index contributed by atoms with van der Waals surface area (Å²) in [5, 5.41) is 15.2. The second-order valence-corrected chi connectivity index (χ2v) is 9.54. The van der Waals surface area contributed by atoms with Crippen LogP contribution in [0.15, 0.2) is 66.7 Å². The highest BCUT2D eigenvalue weighted by Gasteiger charge is 2.14. The Bertz CT molecular complexity index is 1410. The van der Waals surface area contributed by atoms with Crippen molar-refractivity contribution in [1.29, 1.82) is 0 Å². The molecule has 0 atom stereocenters. The van der Waals surface area contributed by atoms with Gasteiger partial charge >= 0.3 is 6.16 Å². The van der Waals surface area contributed by atoms with Crippen molar-refractivity contribution >= 4 is 28.8 Å². The van der Waals surface area contributed by atoms with Crippen molar-refractivity contribution in [2.24, 2.45) is 0 Å². The highest BCUT2D eigenvalue weighted by atomic mass is 16.7. The zero-order chi connectivity index (χ0) is 27.6. The highest BCUT2D eigenvalue weighted by molar-refractivity contribution is 5.84. The first-order valence-corrected chi connectivity index (χ1v) is 13.6. The lowest BCUT2D eigenvalue weighted by atomic mass is 10.0. The third-order valence-corrected chi connectivity index (χ3v) is 6.58. The van der Waals surface area contributed by atoms with E-state index in [4.69, 9.17) is 14.8 Å². The van der Waals surface area contributed by atoms with Gasteiger partial charge in [0.05, 0.1) is 17.6 Å². The number of carbonyl (C=O) groups is 2. The van der Waals surface area contributed by atoms with Gasteiger partial charge in [-0.3, -0.25) is 4.79 Å². The molecule has 1 aromatic heterocycles. The zero-order valence-corrected chi connectivity index (χ0v) is 22.6. The van der Waals surface area contributed by atoms with Gasteiger partial charge in [0.25, 0.3) is 0 Å². The number of amides is 1. The fourth-order valence-electron chi connectivity index (χ4n) is 4.49. The van der Waals surface area contributed by atoms with Gasteiger partial charge in [-0.15, -0.1) is 0 Å². The number of anilines is 1. The molecule has 1 heterocycles. The normalized spacial score (nSPS) is 10.9. The number of nitrogens with zero attached hydrogens (tertiary/aromatic N) is 2. The number of benzene rings is 3. The lowest BCUT2D eigenvalue weighted by Gasteiger charge is -2.12. The molecule has 8 nitrogen and oxygen atoms in total. The molecule has 0 unspecified atom stereocenters. The topological polar surface area (TPSA) is 105 Å². The van der Waals surface area contributed by atoms with Gasteiger partial charge in [0.1, 0.15) is 11.6 Å². The molecule has 0 aliphatic rings. The van der Waals surface area contributed by atoms with Crippen LogP contribution in [-0.4, -0.2) is 39.8 Å². The Kier molecular flexibility index (Phi) is 9.56. The molecule has 0 spiro atoms. The van der Waals surface area contributed by atoms with Crippen LogP contribution < -0.4 is 15.4 Å².